The van der Waals surface area contributed by atoms with Crippen molar-refractivity contribution in [3.05, 3.63) is 41.5 Å². The maximum Gasteiger partial charge on any atom is 0.246 e. The highest BCUT2D eigenvalue weighted by molar-refractivity contribution is 5.91. The summed E-state index contributed by atoms with van der Waals surface area (Å²) in [6, 6.07) is 8.52. The molecule has 0 N–H and O–H groups in total. The van der Waals surface area contributed by atoms with Crippen LogP contribution in [0, 0.1) is 0 Å². The van der Waals surface area contributed by atoms with Gasteiger partial charge in [-0.25, -0.2) is 0 Å². The minimum absolute atomic E-state index is 0.158. The van der Waals surface area contributed by atoms with E-state index in [9.17, 15) is 4.79 Å². The monoisotopic (exact) mass is 357 g/mol. The Morgan fingerprint density at radius 3 is 1.88 bits per heavy atom. The summed E-state index contributed by atoms with van der Waals surface area (Å²) in [6.45, 7) is 10.6. The zero-order valence-corrected chi connectivity index (χ0v) is 17.5. The van der Waals surface area contributed by atoms with Crippen molar-refractivity contribution in [1.82, 2.24) is 4.90 Å². The molecule has 0 aliphatic rings. The third kappa shape index (κ3) is 9.22. The summed E-state index contributed by atoms with van der Waals surface area (Å²) in [5, 5.41) is 0. The van der Waals surface area contributed by atoms with E-state index in [0.29, 0.717) is 5.92 Å². The first-order chi connectivity index (χ1) is 12.6. The smallest absolute Gasteiger partial charge is 0.246 e. The van der Waals surface area contributed by atoms with Crippen molar-refractivity contribution >= 4 is 12.0 Å². The molecule has 26 heavy (non-hydrogen) atoms. The molecule has 0 saturated heterocycles. The molecule has 0 radical (unpaired) electrons. The van der Waals surface area contributed by atoms with Crippen LogP contribution in [0.1, 0.15) is 96.1 Å². The number of amides is 1. The van der Waals surface area contributed by atoms with E-state index in [0.717, 1.165) is 31.5 Å². The third-order valence-corrected chi connectivity index (χ3v) is 4.90. The lowest BCUT2D eigenvalue weighted by Crippen LogP contribution is -2.31. The number of hydrogen-bond acceptors (Lipinski definition) is 1. The van der Waals surface area contributed by atoms with Gasteiger partial charge in [0.15, 0.2) is 0 Å². The molecule has 0 heterocycles. The molecule has 0 aromatic heterocycles. The van der Waals surface area contributed by atoms with Gasteiger partial charge in [0, 0.05) is 19.2 Å². The first kappa shape index (κ1) is 22.5. The Hall–Kier alpha value is -1.57. The van der Waals surface area contributed by atoms with Gasteiger partial charge in [0.25, 0.3) is 0 Å². The molecule has 0 spiro atoms. The number of nitrogens with zero attached hydrogens (tertiary/aromatic N) is 1. The number of carbonyl (C=O) groups excluding carboxylic acids is 1. The maximum absolute atomic E-state index is 12.7. The van der Waals surface area contributed by atoms with Gasteiger partial charge >= 0.3 is 0 Å². The van der Waals surface area contributed by atoms with Crippen molar-refractivity contribution in [1.29, 1.82) is 0 Å². The predicted octanol–water partition coefficient (Wildman–Crippen LogP) is 6.81. The van der Waals surface area contributed by atoms with Gasteiger partial charge < -0.3 is 4.90 Å². The van der Waals surface area contributed by atoms with Crippen LogP contribution in [0.15, 0.2) is 30.3 Å². The highest BCUT2D eigenvalue weighted by Gasteiger charge is 2.10. The summed E-state index contributed by atoms with van der Waals surface area (Å²) in [5.74, 6) is 0.697. The fraction of sp³-hybridized carbons (Fsp3) is 0.625. The molecular weight excluding hydrogens is 318 g/mol. The molecular formula is C24H39NO. The fourth-order valence-electron chi connectivity index (χ4n) is 3.06. The summed E-state index contributed by atoms with van der Waals surface area (Å²) in [4.78, 5) is 14.7. The lowest BCUT2D eigenvalue weighted by atomic mass is 10.0. The van der Waals surface area contributed by atoms with Gasteiger partial charge in [-0.3, -0.25) is 4.79 Å². The zero-order chi connectivity index (χ0) is 19.2. The van der Waals surface area contributed by atoms with E-state index < -0.39 is 0 Å². The molecule has 146 valence electrons. The van der Waals surface area contributed by atoms with Gasteiger partial charge in [0.1, 0.15) is 0 Å². The molecule has 2 nitrogen and oxygen atoms in total. The van der Waals surface area contributed by atoms with Gasteiger partial charge in [-0.05, 0) is 36.0 Å². The molecule has 0 fully saturated rings. The van der Waals surface area contributed by atoms with Crippen LogP contribution < -0.4 is 0 Å². The molecule has 0 unspecified atom stereocenters. The zero-order valence-electron chi connectivity index (χ0n) is 17.5. The Morgan fingerprint density at radius 2 is 1.42 bits per heavy atom. The Bertz CT molecular complexity index is 504. The van der Waals surface area contributed by atoms with E-state index in [1.807, 2.05) is 11.0 Å². The molecule has 0 aliphatic heterocycles. The molecule has 0 saturated carbocycles. The first-order valence-corrected chi connectivity index (χ1v) is 10.6. The molecule has 0 aliphatic carbocycles. The second-order valence-electron chi connectivity index (χ2n) is 7.60. The van der Waals surface area contributed by atoms with Crippen molar-refractivity contribution in [2.24, 2.45) is 0 Å². The summed E-state index contributed by atoms with van der Waals surface area (Å²) in [6.07, 6.45) is 13.4. The van der Waals surface area contributed by atoms with E-state index in [1.165, 1.54) is 44.1 Å². The van der Waals surface area contributed by atoms with Crippen LogP contribution in [0.4, 0.5) is 0 Å². The number of carbonyl (C=O) groups is 1. The largest absolute Gasteiger partial charge is 0.339 e. The van der Waals surface area contributed by atoms with E-state index in [2.05, 4.69) is 52.0 Å². The highest BCUT2D eigenvalue weighted by atomic mass is 16.2. The summed E-state index contributed by atoms with van der Waals surface area (Å²) < 4.78 is 0. The van der Waals surface area contributed by atoms with Crippen molar-refractivity contribution in [3.63, 3.8) is 0 Å². The second-order valence-corrected chi connectivity index (χ2v) is 7.60. The molecule has 1 rings (SSSR count). The van der Waals surface area contributed by atoms with E-state index in [-0.39, 0.29) is 5.91 Å². The Labute approximate surface area is 161 Å². The van der Waals surface area contributed by atoms with Gasteiger partial charge in [-0.15, -0.1) is 0 Å². The van der Waals surface area contributed by atoms with Crippen molar-refractivity contribution in [2.45, 2.75) is 85.0 Å². The lowest BCUT2D eigenvalue weighted by Gasteiger charge is -2.21. The Kier molecular flexibility index (Phi) is 11.8. The lowest BCUT2D eigenvalue weighted by molar-refractivity contribution is -0.126. The van der Waals surface area contributed by atoms with Gasteiger partial charge in [0.2, 0.25) is 5.91 Å². The summed E-state index contributed by atoms with van der Waals surface area (Å²) in [7, 11) is 0. The van der Waals surface area contributed by atoms with Crippen LogP contribution in [0.25, 0.3) is 6.08 Å². The van der Waals surface area contributed by atoms with Crippen LogP contribution in [-0.4, -0.2) is 23.9 Å². The average Bonchev–Trinajstić information content (AvgIpc) is 2.65. The standard InChI is InChI=1S/C24H39NO/c1-5-7-9-11-19-25(20-12-10-8-6-2)24(26)18-15-22-13-16-23(17-14-22)21(3)4/h13-18,21H,5-12,19-20H2,1-4H3/b18-15+. The van der Waals surface area contributed by atoms with Gasteiger partial charge in [-0.1, -0.05) is 90.5 Å². The molecule has 1 aromatic carbocycles. The van der Waals surface area contributed by atoms with Crippen LogP contribution in [0.5, 0.6) is 0 Å². The normalized spacial score (nSPS) is 11.4. The minimum Gasteiger partial charge on any atom is -0.339 e. The molecule has 0 bridgehead atoms. The Morgan fingerprint density at radius 1 is 0.885 bits per heavy atom. The number of unbranched alkanes of at least 4 members (excludes halogenated alkanes) is 6. The average molecular weight is 358 g/mol. The molecule has 0 atom stereocenters. The van der Waals surface area contributed by atoms with Crippen LogP contribution in [0.2, 0.25) is 0 Å². The fourth-order valence-corrected chi connectivity index (χ4v) is 3.06. The van der Waals surface area contributed by atoms with Crippen molar-refractivity contribution in [2.75, 3.05) is 13.1 Å². The highest BCUT2D eigenvalue weighted by Crippen LogP contribution is 2.15. The van der Waals surface area contributed by atoms with E-state index in [1.54, 1.807) is 6.08 Å². The maximum atomic E-state index is 12.7. The van der Waals surface area contributed by atoms with Crippen molar-refractivity contribution < 1.29 is 4.79 Å². The van der Waals surface area contributed by atoms with E-state index >= 15 is 0 Å². The summed E-state index contributed by atoms with van der Waals surface area (Å²) >= 11 is 0. The topological polar surface area (TPSA) is 20.3 Å². The van der Waals surface area contributed by atoms with E-state index in [4.69, 9.17) is 0 Å². The first-order valence-electron chi connectivity index (χ1n) is 10.6. The molecule has 1 aromatic rings. The second kappa shape index (κ2) is 13.6. The SMILES string of the molecule is CCCCCCN(CCCCCC)C(=O)/C=C/c1ccc(C(C)C)cc1. The number of hydrogen-bond donors (Lipinski definition) is 0. The van der Waals surface area contributed by atoms with Gasteiger partial charge in [-0.2, -0.15) is 0 Å². The third-order valence-electron chi connectivity index (χ3n) is 4.90. The van der Waals surface area contributed by atoms with Crippen molar-refractivity contribution in [3.8, 4) is 0 Å². The van der Waals surface area contributed by atoms with Gasteiger partial charge in [0.05, 0.1) is 0 Å². The predicted molar refractivity (Wildman–Crippen MR) is 114 cm³/mol. The Balaban J connectivity index is 2.60. The molecule has 2 heteroatoms. The molecule has 1 amide bonds. The van der Waals surface area contributed by atoms with Crippen LogP contribution in [-0.2, 0) is 4.79 Å². The van der Waals surface area contributed by atoms with Crippen LogP contribution in [0.3, 0.4) is 0 Å². The number of rotatable bonds is 13. The minimum atomic E-state index is 0.158. The van der Waals surface area contributed by atoms with Crippen LogP contribution >= 0.6 is 0 Å². The quantitative estimate of drug-likeness (QED) is 0.280. The number of benzene rings is 1. The summed E-state index contributed by atoms with van der Waals surface area (Å²) in [5.41, 5.74) is 2.43.